The van der Waals surface area contributed by atoms with Crippen molar-refractivity contribution in [3.8, 4) is 0 Å². The van der Waals surface area contributed by atoms with Crippen LogP contribution in [0.1, 0.15) is 11.1 Å². The normalized spacial score (nSPS) is 10.4. The molecule has 0 fully saturated rings. The molecule has 2 aromatic carbocycles. The summed E-state index contributed by atoms with van der Waals surface area (Å²) < 4.78 is 15.1. The maximum Gasteiger partial charge on any atom is 0.123 e. The molecule has 0 radical (unpaired) electrons. The smallest absolute Gasteiger partial charge is 0.123 e. The van der Waals surface area contributed by atoms with Crippen molar-refractivity contribution in [3.63, 3.8) is 0 Å². The molecule has 0 spiro atoms. The average Bonchev–Trinajstić information content (AvgIpc) is 2.34. The SMILES string of the molecule is Cc1ccc(Br)cc1NCc1cc(F)ccc1Br. The zero-order chi connectivity index (χ0) is 13.1. The van der Waals surface area contributed by atoms with E-state index in [9.17, 15) is 4.39 Å². The third kappa shape index (κ3) is 3.33. The lowest BCUT2D eigenvalue weighted by atomic mass is 10.2. The Morgan fingerprint density at radius 2 is 1.89 bits per heavy atom. The standard InChI is InChI=1S/C14H12Br2FN/c1-9-2-3-11(15)7-14(9)18-8-10-6-12(17)4-5-13(10)16/h2-7,18H,8H2,1H3. The monoisotopic (exact) mass is 371 g/mol. The number of benzene rings is 2. The molecule has 0 bridgehead atoms. The van der Waals surface area contributed by atoms with E-state index >= 15 is 0 Å². The van der Waals surface area contributed by atoms with E-state index in [1.165, 1.54) is 12.1 Å². The highest BCUT2D eigenvalue weighted by atomic mass is 79.9. The molecule has 0 aliphatic carbocycles. The van der Waals surface area contributed by atoms with Crippen LogP contribution in [0.2, 0.25) is 0 Å². The van der Waals surface area contributed by atoms with Crippen molar-refractivity contribution in [2.45, 2.75) is 13.5 Å². The van der Waals surface area contributed by atoms with Gasteiger partial charge in [-0.2, -0.15) is 0 Å². The largest absolute Gasteiger partial charge is 0.381 e. The van der Waals surface area contributed by atoms with Gasteiger partial charge in [0, 0.05) is 21.2 Å². The van der Waals surface area contributed by atoms with E-state index in [2.05, 4.69) is 37.2 Å². The fourth-order valence-corrected chi connectivity index (χ4v) is 2.40. The summed E-state index contributed by atoms with van der Waals surface area (Å²) in [4.78, 5) is 0. The Morgan fingerprint density at radius 3 is 2.67 bits per heavy atom. The van der Waals surface area contributed by atoms with E-state index in [1.807, 2.05) is 25.1 Å². The number of hydrogen-bond donors (Lipinski definition) is 1. The van der Waals surface area contributed by atoms with E-state index in [-0.39, 0.29) is 5.82 Å². The van der Waals surface area contributed by atoms with Gasteiger partial charge in [0.05, 0.1) is 0 Å². The topological polar surface area (TPSA) is 12.0 Å². The van der Waals surface area contributed by atoms with E-state index in [1.54, 1.807) is 6.07 Å². The number of aryl methyl sites for hydroxylation is 1. The highest BCUT2D eigenvalue weighted by Crippen LogP contribution is 2.23. The molecular weight excluding hydrogens is 361 g/mol. The summed E-state index contributed by atoms with van der Waals surface area (Å²) in [5.41, 5.74) is 3.10. The van der Waals surface area contributed by atoms with Crippen LogP contribution in [0.5, 0.6) is 0 Å². The summed E-state index contributed by atoms with van der Waals surface area (Å²) in [5.74, 6) is -0.221. The van der Waals surface area contributed by atoms with Crippen LogP contribution in [-0.2, 0) is 6.54 Å². The molecule has 0 amide bonds. The van der Waals surface area contributed by atoms with Gasteiger partial charge in [0.1, 0.15) is 5.82 Å². The third-order valence-electron chi connectivity index (χ3n) is 2.68. The first-order chi connectivity index (χ1) is 8.56. The first kappa shape index (κ1) is 13.6. The maximum atomic E-state index is 13.2. The summed E-state index contributed by atoms with van der Waals surface area (Å²) in [5, 5.41) is 3.31. The van der Waals surface area contributed by atoms with Crippen LogP contribution < -0.4 is 5.32 Å². The van der Waals surface area contributed by atoms with Crippen molar-refractivity contribution in [1.82, 2.24) is 0 Å². The Balaban J connectivity index is 2.16. The van der Waals surface area contributed by atoms with Gasteiger partial charge in [-0.1, -0.05) is 37.9 Å². The van der Waals surface area contributed by atoms with E-state index < -0.39 is 0 Å². The second-order valence-electron chi connectivity index (χ2n) is 4.05. The number of nitrogens with one attached hydrogen (secondary N) is 1. The fraction of sp³-hybridized carbons (Fsp3) is 0.143. The molecule has 2 aromatic rings. The molecule has 18 heavy (non-hydrogen) atoms. The van der Waals surface area contributed by atoms with Crippen molar-refractivity contribution in [3.05, 3.63) is 62.3 Å². The summed E-state index contributed by atoms with van der Waals surface area (Å²) in [7, 11) is 0. The Kier molecular flexibility index (Phi) is 4.40. The number of anilines is 1. The van der Waals surface area contributed by atoms with Gasteiger partial charge < -0.3 is 5.32 Å². The maximum absolute atomic E-state index is 13.2. The third-order valence-corrected chi connectivity index (χ3v) is 3.94. The Morgan fingerprint density at radius 1 is 1.11 bits per heavy atom. The molecule has 1 N–H and O–H groups in total. The van der Waals surface area contributed by atoms with Gasteiger partial charge in [-0.15, -0.1) is 0 Å². The molecule has 0 aromatic heterocycles. The fourth-order valence-electron chi connectivity index (χ4n) is 1.65. The molecule has 0 atom stereocenters. The van der Waals surface area contributed by atoms with E-state index in [0.717, 1.165) is 25.8 Å². The minimum absolute atomic E-state index is 0.221. The summed E-state index contributed by atoms with van der Waals surface area (Å²) >= 11 is 6.86. The summed E-state index contributed by atoms with van der Waals surface area (Å²) in [6.07, 6.45) is 0. The van der Waals surface area contributed by atoms with Gasteiger partial charge in [-0.3, -0.25) is 0 Å². The molecule has 0 unspecified atom stereocenters. The van der Waals surface area contributed by atoms with Crippen molar-refractivity contribution in [2.75, 3.05) is 5.32 Å². The molecule has 0 saturated heterocycles. The lowest BCUT2D eigenvalue weighted by Crippen LogP contribution is -2.02. The molecule has 2 rings (SSSR count). The molecule has 94 valence electrons. The molecule has 0 heterocycles. The zero-order valence-electron chi connectivity index (χ0n) is 9.81. The lowest BCUT2D eigenvalue weighted by Gasteiger charge is -2.11. The first-order valence-electron chi connectivity index (χ1n) is 5.50. The van der Waals surface area contributed by atoms with Gasteiger partial charge in [-0.05, 0) is 48.4 Å². The van der Waals surface area contributed by atoms with Crippen LogP contribution in [0.3, 0.4) is 0 Å². The number of rotatable bonds is 3. The van der Waals surface area contributed by atoms with Crippen LogP contribution in [-0.4, -0.2) is 0 Å². The Bertz CT molecular complexity index is 518. The Hall–Kier alpha value is -0.870. The quantitative estimate of drug-likeness (QED) is 0.773. The van der Waals surface area contributed by atoms with Gasteiger partial charge in [-0.25, -0.2) is 4.39 Å². The molecule has 0 aliphatic heterocycles. The highest BCUT2D eigenvalue weighted by Gasteiger charge is 2.03. The second-order valence-corrected chi connectivity index (χ2v) is 5.82. The molecule has 0 aliphatic rings. The first-order valence-corrected chi connectivity index (χ1v) is 7.09. The van der Waals surface area contributed by atoms with Gasteiger partial charge in [0.25, 0.3) is 0 Å². The minimum Gasteiger partial charge on any atom is -0.381 e. The van der Waals surface area contributed by atoms with E-state index in [4.69, 9.17) is 0 Å². The summed E-state index contributed by atoms with van der Waals surface area (Å²) in [6, 6.07) is 10.7. The summed E-state index contributed by atoms with van der Waals surface area (Å²) in [6.45, 7) is 2.62. The van der Waals surface area contributed by atoms with Crippen LogP contribution in [0.15, 0.2) is 45.3 Å². The highest BCUT2D eigenvalue weighted by molar-refractivity contribution is 9.10. The molecule has 1 nitrogen and oxygen atoms in total. The van der Waals surface area contributed by atoms with Crippen molar-refractivity contribution >= 4 is 37.5 Å². The predicted molar refractivity (Wildman–Crippen MR) is 80.3 cm³/mol. The minimum atomic E-state index is -0.221. The van der Waals surface area contributed by atoms with Crippen molar-refractivity contribution < 1.29 is 4.39 Å². The zero-order valence-corrected chi connectivity index (χ0v) is 13.0. The lowest BCUT2D eigenvalue weighted by molar-refractivity contribution is 0.625. The van der Waals surface area contributed by atoms with Crippen molar-refractivity contribution in [1.29, 1.82) is 0 Å². The van der Waals surface area contributed by atoms with Crippen LogP contribution in [0, 0.1) is 12.7 Å². The van der Waals surface area contributed by atoms with Crippen LogP contribution >= 0.6 is 31.9 Å². The Labute approximate surface area is 123 Å². The predicted octanol–water partition coefficient (Wildman–Crippen LogP) is 5.27. The number of halogens is 3. The molecular formula is C14H12Br2FN. The van der Waals surface area contributed by atoms with E-state index in [0.29, 0.717) is 6.54 Å². The van der Waals surface area contributed by atoms with Crippen LogP contribution in [0.4, 0.5) is 10.1 Å². The molecule has 0 saturated carbocycles. The number of hydrogen-bond acceptors (Lipinski definition) is 1. The van der Waals surface area contributed by atoms with Crippen LogP contribution in [0.25, 0.3) is 0 Å². The van der Waals surface area contributed by atoms with Gasteiger partial charge in [0.15, 0.2) is 0 Å². The van der Waals surface area contributed by atoms with Gasteiger partial charge >= 0.3 is 0 Å². The van der Waals surface area contributed by atoms with Crippen molar-refractivity contribution in [2.24, 2.45) is 0 Å². The van der Waals surface area contributed by atoms with Gasteiger partial charge in [0.2, 0.25) is 0 Å². The molecule has 4 heteroatoms. The average molecular weight is 373 g/mol. The second kappa shape index (κ2) is 5.85.